The van der Waals surface area contributed by atoms with Crippen LogP contribution in [-0.4, -0.2) is 33.2 Å². The van der Waals surface area contributed by atoms with Crippen LogP contribution in [0, 0.1) is 0 Å². The van der Waals surface area contributed by atoms with E-state index < -0.39 is 0 Å². The Morgan fingerprint density at radius 1 is 1.00 bits per heavy atom. The van der Waals surface area contributed by atoms with Crippen molar-refractivity contribution in [1.29, 1.82) is 0 Å². The van der Waals surface area contributed by atoms with Crippen LogP contribution in [0.5, 0.6) is 11.5 Å². The lowest BCUT2D eigenvalue weighted by atomic mass is 10.1. The molecule has 4 heteroatoms. The molecule has 0 aliphatic carbocycles. The van der Waals surface area contributed by atoms with Gasteiger partial charge in [0.2, 0.25) is 0 Å². The lowest BCUT2D eigenvalue weighted by Gasteiger charge is -2.22. The maximum absolute atomic E-state index is 5.53. The molecule has 0 saturated heterocycles. The third-order valence-electron chi connectivity index (χ3n) is 5.14. The lowest BCUT2D eigenvalue weighted by molar-refractivity contribution is 0.393. The highest BCUT2D eigenvalue weighted by atomic mass is 16.5. The number of anilines is 1. The summed E-state index contributed by atoms with van der Waals surface area (Å²) in [5.41, 5.74) is 6.44. The van der Waals surface area contributed by atoms with E-state index in [0.717, 1.165) is 39.5 Å². The van der Waals surface area contributed by atoms with Crippen LogP contribution in [0.3, 0.4) is 0 Å². The molecule has 2 aromatic rings. The number of ether oxygens (including phenoxy) is 2. The highest BCUT2D eigenvalue weighted by molar-refractivity contribution is 5.70. The van der Waals surface area contributed by atoms with E-state index >= 15 is 0 Å². The molecule has 0 unspecified atom stereocenters. The molecule has 1 aliphatic heterocycles. The second kappa shape index (κ2) is 9.90. The Balaban J connectivity index is 1.72. The van der Waals surface area contributed by atoms with Gasteiger partial charge in [-0.15, -0.1) is 0 Å². The van der Waals surface area contributed by atoms with Gasteiger partial charge in [0.25, 0.3) is 0 Å². The van der Waals surface area contributed by atoms with Crippen molar-refractivity contribution in [3.63, 3.8) is 0 Å². The van der Waals surface area contributed by atoms with Crippen LogP contribution < -0.4 is 14.4 Å². The number of hydrogen-bond acceptors (Lipinski definition) is 4. The number of allylic oxidation sites excluding steroid dienone is 5. The second-order valence-corrected chi connectivity index (χ2v) is 7.56. The van der Waals surface area contributed by atoms with Gasteiger partial charge in [0.05, 0.1) is 14.2 Å². The van der Waals surface area contributed by atoms with Gasteiger partial charge in [0, 0.05) is 49.5 Å². The van der Waals surface area contributed by atoms with E-state index in [1.807, 2.05) is 43.4 Å². The summed E-state index contributed by atoms with van der Waals surface area (Å²) < 4.78 is 10.8. The largest absolute Gasteiger partial charge is 0.497 e. The standard InChI is InChI=1S/C27H30N2O2/c1-20(26-14-13-25(30-5)18-27(26)31-6)19-29-16-15-23(17-21(29)2)8-7-22-9-11-24(12-10-22)28(3)4/h7-19H,2H2,1,3-6H3/b8-7+,20-19+. The molecule has 160 valence electrons. The van der Waals surface area contributed by atoms with Crippen molar-refractivity contribution in [2.24, 2.45) is 0 Å². The molecule has 0 spiro atoms. The summed E-state index contributed by atoms with van der Waals surface area (Å²) in [6.45, 7) is 6.27. The summed E-state index contributed by atoms with van der Waals surface area (Å²) in [6, 6.07) is 14.3. The molecule has 0 atom stereocenters. The summed E-state index contributed by atoms with van der Waals surface area (Å²) in [6.07, 6.45) is 12.4. The van der Waals surface area contributed by atoms with Crippen molar-refractivity contribution in [2.75, 3.05) is 33.2 Å². The zero-order valence-electron chi connectivity index (χ0n) is 18.9. The number of methoxy groups -OCH3 is 2. The fourth-order valence-electron chi connectivity index (χ4n) is 3.29. The van der Waals surface area contributed by atoms with Crippen LogP contribution in [0.25, 0.3) is 11.6 Å². The predicted octanol–water partition coefficient (Wildman–Crippen LogP) is 6.11. The maximum Gasteiger partial charge on any atom is 0.130 e. The fraction of sp³-hybridized carbons (Fsp3) is 0.185. The maximum atomic E-state index is 5.53. The smallest absolute Gasteiger partial charge is 0.130 e. The molecule has 2 aromatic carbocycles. The summed E-state index contributed by atoms with van der Waals surface area (Å²) in [4.78, 5) is 4.11. The van der Waals surface area contributed by atoms with E-state index in [1.54, 1.807) is 14.2 Å². The minimum Gasteiger partial charge on any atom is -0.497 e. The first kappa shape index (κ1) is 22.0. The van der Waals surface area contributed by atoms with Gasteiger partial charge in [-0.3, -0.25) is 0 Å². The molecule has 0 saturated carbocycles. The molecule has 0 radical (unpaired) electrons. The van der Waals surface area contributed by atoms with Crippen LogP contribution in [0.15, 0.2) is 90.9 Å². The Bertz CT molecular complexity index is 1060. The zero-order chi connectivity index (χ0) is 22.4. The first-order chi connectivity index (χ1) is 14.9. The van der Waals surface area contributed by atoms with Crippen molar-refractivity contribution in [3.8, 4) is 11.5 Å². The molecule has 0 fully saturated rings. The topological polar surface area (TPSA) is 24.9 Å². The van der Waals surface area contributed by atoms with Gasteiger partial charge in [-0.05, 0) is 60.1 Å². The summed E-state index contributed by atoms with van der Waals surface area (Å²) in [5, 5.41) is 0. The van der Waals surface area contributed by atoms with E-state index in [-0.39, 0.29) is 0 Å². The summed E-state index contributed by atoms with van der Waals surface area (Å²) in [5.74, 6) is 1.55. The van der Waals surface area contributed by atoms with Crippen LogP contribution >= 0.6 is 0 Å². The van der Waals surface area contributed by atoms with E-state index in [9.17, 15) is 0 Å². The van der Waals surface area contributed by atoms with Crippen molar-refractivity contribution in [1.82, 2.24) is 4.90 Å². The molecule has 1 heterocycles. The molecular formula is C27H30N2O2. The Hall–Kier alpha value is -3.66. The number of rotatable bonds is 7. The highest BCUT2D eigenvalue weighted by Crippen LogP contribution is 2.31. The SMILES string of the molecule is C=C1C=C(/C=C/c2ccc(N(C)C)cc2)C=CN1/C=C(\C)c1ccc(OC)cc1OC. The Morgan fingerprint density at radius 2 is 1.74 bits per heavy atom. The molecule has 0 bridgehead atoms. The van der Waals surface area contributed by atoms with Crippen LogP contribution in [-0.2, 0) is 0 Å². The van der Waals surface area contributed by atoms with E-state index in [0.29, 0.717) is 0 Å². The monoisotopic (exact) mass is 414 g/mol. The van der Waals surface area contributed by atoms with Gasteiger partial charge in [0.1, 0.15) is 11.5 Å². The van der Waals surface area contributed by atoms with Gasteiger partial charge in [-0.2, -0.15) is 0 Å². The van der Waals surface area contributed by atoms with Crippen molar-refractivity contribution >= 4 is 17.3 Å². The third kappa shape index (κ3) is 5.48. The molecule has 3 rings (SSSR count). The molecule has 1 aliphatic rings. The zero-order valence-corrected chi connectivity index (χ0v) is 18.9. The van der Waals surface area contributed by atoms with Gasteiger partial charge in [-0.1, -0.05) is 30.9 Å². The first-order valence-electron chi connectivity index (χ1n) is 10.1. The summed E-state index contributed by atoms with van der Waals surface area (Å²) >= 11 is 0. The second-order valence-electron chi connectivity index (χ2n) is 7.56. The lowest BCUT2D eigenvalue weighted by Crippen LogP contribution is -2.10. The van der Waals surface area contributed by atoms with Gasteiger partial charge < -0.3 is 19.3 Å². The molecule has 0 aromatic heterocycles. The molecular weight excluding hydrogens is 384 g/mol. The number of hydrogen-bond donors (Lipinski definition) is 0. The first-order valence-corrected chi connectivity index (χ1v) is 10.1. The average Bonchev–Trinajstić information content (AvgIpc) is 2.78. The van der Waals surface area contributed by atoms with Crippen molar-refractivity contribution in [2.45, 2.75) is 6.92 Å². The Morgan fingerprint density at radius 3 is 2.35 bits per heavy atom. The molecule has 31 heavy (non-hydrogen) atoms. The minimum absolute atomic E-state index is 0.770. The van der Waals surface area contributed by atoms with E-state index in [2.05, 4.69) is 73.2 Å². The van der Waals surface area contributed by atoms with E-state index in [1.165, 1.54) is 5.69 Å². The number of nitrogens with zero attached hydrogens (tertiary/aromatic N) is 2. The Kier molecular flexibility index (Phi) is 7.03. The minimum atomic E-state index is 0.770. The van der Waals surface area contributed by atoms with Gasteiger partial charge >= 0.3 is 0 Å². The summed E-state index contributed by atoms with van der Waals surface area (Å²) in [7, 11) is 7.40. The fourth-order valence-corrected chi connectivity index (χ4v) is 3.29. The van der Waals surface area contributed by atoms with E-state index in [4.69, 9.17) is 9.47 Å². The number of benzene rings is 2. The van der Waals surface area contributed by atoms with Crippen molar-refractivity contribution in [3.05, 3.63) is 102 Å². The molecule has 0 N–H and O–H groups in total. The normalized spacial score (nSPS) is 14.1. The highest BCUT2D eigenvalue weighted by Gasteiger charge is 2.10. The van der Waals surface area contributed by atoms with Crippen LogP contribution in [0.1, 0.15) is 18.1 Å². The predicted molar refractivity (Wildman–Crippen MR) is 131 cm³/mol. The van der Waals surface area contributed by atoms with Gasteiger partial charge in [-0.25, -0.2) is 0 Å². The average molecular weight is 415 g/mol. The van der Waals surface area contributed by atoms with Gasteiger partial charge in [0.15, 0.2) is 0 Å². The Labute approximate surface area is 185 Å². The van der Waals surface area contributed by atoms with Crippen LogP contribution in [0.4, 0.5) is 5.69 Å². The molecule has 4 nitrogen and oxygen atoms in total. The quantitative estimate of drug-likeness (QED) is 0.545. The van der Waals surface area contributed by atoms with Crippen molar-refractivity contribution < 1.29 is 9.47 Å². The molecule has 0 amide bonds. The van der Waals surface area contributed by atoms with Crippen LogP contribution in [0.2, 0.25) is 0 Å². The third-order valence-corrected chi connectivity index (χ3v) is 5.14.